The minimum absolute atomic E-state index is 0.247. The van der Waals surface area contributed by atoms with E-state index in [1.165, 1.54) is 6.07 Å². The van der Waals surface area contributed by atoms with E-state index in [0.717, 1.165) is 39.0 Å². The highest BCUT2D eigenvalue weighted by Crippen LogP contribution is 2.34. The fourth-order valence-corrected chi connectivity index (χ4v) is 3.16. The van der Waals surface area contributed by atoms with Crippen LogP contribution in [0.25, 0.3) is 22.3 Å². The van der Waals surface area contributed by atoms with Gasteiger partial charge in [0, 0.05) is 0 Å². The van der Waals surface area contributed by atoms with Crippen molar-refractivity contribution in [2.24, 2.45) is 0 Å². The van der Waals surface area contributed by atoms with Gasteiger partial charge in [-0.05, 0) is 91.4 Å². The number of benzene rings is 3. The van der Waals surface area contributed by atoms with E-state index in [9.17, 15) is 9.50 Å². The molecule has 0 spiro atoms. The maximum atomic E-state index is 14.5. The predicted molar refractivity (Wildman–Crippen MR) is 113 cm³/mol. The van der Waals surface area contributed by atoms with Crippen LogP contribution in [-0.4, -0.2) is 11.7 Å². The molecule has 3 aromatic rings. The van der Waals surface area contributed by atoms with Crippen LogP contribution in [0.3, 0.4) is 0 Å². The van der Waals surface area contributed by atoms with Gasteiger partial charge in [0.15, 0.2) is 11.6 Å². The first kappa shape index (κ1) is 19.7. The van der Waals surface area contributed by atoms with Crippen LogP contribution in [0.15, 0.2) is 66.2 Å². The molecule has 0 saturated heterocycles. The summed E-state index contributed by atoms with van der Waals surface area (Å²) in [6.07, 6.45) is 1.92. The Hall–Kier alpha value is -3.07. The van der Waals surface area contributed by atoms with Crippen molar-refractivity contribution in [3.8, 4) is 33.8 Å². The quantitative estimate of drug-likeness (QED) is 0.495. The third kappa shape index (κ3) is 4.42. The standard InChI is InChI=1S/C25H25FO2/c1-16(2)11-12-28-25-10-7-20(15-24(25)26)23-14-17(3)22(13-18(23)4)19-5-8-21(27)9-6-19/h5-11,13-15,27H,12H2,1-4H3. The summed E-state index contributed by atoms with van der Waals surface area (Å²) < 4.78 is 20.0. The lowest BCUT2D eigenvalue weighted by Gasteiger charge is -2.14. The molecule has 144 valence electrons. The smallest absolute Gasteiger partial charge is 0.165 e. The van der Waals surface area contributed by atoms with Gasteiger partial charge in [-0.15, -0.1) is 0 Å². The zero-order chi connectivity index (χ0) is 20.3. The van der Waals surface area contributed by atoms with Crippen LogP contribution in [0.5, 0.6) is 11.5 Å². The molecule has 0 aromatic heterocycles. The molecule has 0 bridgehead atoms. The monoisotopic (exact) mass is 376 g/mol. The zero-order valence-electron chi connectivity index (χ0n) is 16.7. The number of phenols is 1. The summed E-state index contributed by atoms with van der Waals surface area (Å²) in [5.41, 5.74) is 7.25. The summed E-state index contributed by atoms with van der Waals surface area (Å²) in [7, 11) is 0. The van der Waals surface area contributed by atoms with Crippen LogP contribution in [-0.2, 0) is 0 Å². The van der Waals surface area contributed by atoms with Crippen LogP contribution in [0.1, 0.15) is 25.0 Å². The van der Waals surface area contributed by atoms with Gasteiger partial charge < -0.3 is 9.84 Å². The van der Waals surface area contributed by atoms with Gasteiger partial charge in [0.05, 0.1) is 0 Å². The molecule has 0 heterocycles. The van der Waals surface area contributed by atoms with Crippen LogP contribution in [0.2, 0.25) is 0 Å². The molecule has 0 atom stereocenters. The molecule has 3 heteroatoms. The normalized spacial score (nSPS) is 10.6. The molecule has 0 saturated carbocycles. The fraction of sp³-hybridized carbons (Fsp3) is 0.200. The van der Waals surface area contributed by atoms with Gasteiger partial charge in [-0.3, -0.25) is 0 Å². The van der Waals surface area contributed by atoms with Gasteiger partial charge in [-0.25, -0.2) is 4.39 Å². The zero-order valence-corrected chi connectivity index (χ0v) is 16.7. The molecular weight excluding hydrogens is 351 g/mol. The second kappa shape index (κ2) is 8.30. The molecule has 0 fully saturated rings. The van der Waals surface area contributed by atoms with Crippen LogP contribution in [0, 0.1) is 19.7 Å². The van der Waals surface area contributed by atoms with E-state index in [2.05, 4.69) is 12.1 Å². The Bertz CT molecular complexity index is 1010. The van der Waals surface area contributed by atoms with Crippen molar-refractivity contribution < 1.29 is 14.2 Å². The number of hydrogen-bond donors (Lipinski definition) is 1. The van der Waals surface area contributed by atoms with Crippen LogP contribution in [0.4, 0.5) is 4.39 Å². The lowest BCUT2D eigenvalue weighted by molar-refractivity contribution is 0.341. The highest BCUT2D eigenvalue weighted by molar-refractivity contribution is 5.76. The SMILES string of the molecule is CC(C)=CCOc1ccc(-c2cc(C)c(-c3ccc(O)cc3)cc2C)cc1F. The Labute approximate surface area is 165 Å². The van der Waals surface area contributed by atoms with Gasteiger partial charge in [0.25, 0.3) is 0 Å². The molecule has 0 amide bonds. The number of aryl methyl sites for hydroxylation is 2. The molecular formula is C25H25FO2. The van der Waals surface area contributed by atoms with Crippen LogP contribution < -0.4 is 4.74 Å². The van der Waals surface area contributed by atoms with Crippen molar-refractivity contribution in [1.82, 2.24) is 0 Å². The van der Waals surface area contributed by atoms with E-state index in [0.29, 0.717) is 6.61 Å². The van der Waals surface area contributed by atoms with E-state index in [1.807, 2.05) is 52.0 Å². The molecule has 3 rings (SSSR count). The average molecular weight is 376 g/mol. The van der Waals surface area contributed by atoms with Gasteiger partial charge >= 0.3 is 0 Å². The minimum atomic E-state index is -0.362. The van der Waals surface area contributed by atoms with Crippen molar-refractivity contribution in [3.63, 3.8) is 0 Å². The third-order valence-corrected chi connectivity index (χ3v) is 4.72. The number of ether oxygens (including phenoxy) is 1. The second-order valence-electron chi connectivity index (χ2n) is 7.27. The average Bonchev–Trinajstić information content (AvgIpc) is 2.65. The Balaban J connectivity index is 1.91. The number of aromatic hydroxyl groups is 1. The number of rotatable bonds is 5. The van der Waals surface area contributed by atoms with Gasteiger partial charge in [-0.1, -0.05) is 35.9 Å². The van der Waals surface area contributed by atoms with E-state index >= 15 is 0 Å². The van der Waals surface area contributed by atoms with Gasteiger partial charge in [0.2, 0.25) is 0 Å². The number of phenolic OH excluding ortho intramolecular Hbond substituents is 1. The largest absolute Gasteiger partial charge is 0.508 e. The molecule has 28 heavy (non-hydrogen) atoms. The van der Waals surface area contributed by atoms with E-state index in [1.54, 1.807) is 18.2 Å². The first-order valence-corrected chi connectivity index (χ1v) is 9.32. The molecule has 0 radical (unpaired) electrons. The summed E-state index contributed by atoms with van der Waals surface area (Å²) >= 11 is 0. The first-order valence-electron chi connectivity index (χ1n) is 9.32. The molecule has 2 nitrogen and oxygen atoms in total. The van der Waals surface area contributed by atoms with Crippen molar-refractivity contribution in [1.29, 1.82) is 0 Å². The number of allylic oxidation sites excluding steroid dienone is 1. The first-order chi connectivity index (χ1) is 13.3. The number of hydrogen-bond acceptors (Lipinski definition) is 2. The number of halogens is 1. The van der Waals surface area contributed by atoms with Crippen molar-refractivity contribution in [3.05, 3.63) is 83.2 Å². The van der Waals surface area contributed by atoms with Gasteiger partial charge in [-0.2, -0.15) is 0 Å². The Morgan fingerprint density at radius 1 is 0.893 bits per heavy atom. The molecule has 0 aliphatic heterocycles. The Morgan fingerprint density at radius 2 is 1.46 bits per heavy atom. The summed E-state index contributed by atoms with van der Waals surface area (Å²) in [4.78, 5) is 0. The van der Waals surface area contributed by atoms with Crippen molar-refractivity contribution in [2.45, 2.75) is 27.7 Å². The third-order valence-electron chi connectivity index (χ3n) is 4.72. The topological polar surface area (TPSA) is 29.5 Å². The van der Waals surface area contributed by atoms with Crippen molar-refractivity contribution >= 4 is 0 Å². The summed E-state index contributed by atoms with van der Waals surface area (Å²) in [5.74, 6) is 0.146. The predicted octanol–water partition coefficient (Wildman–Crippen LogP) is 6.83. The molecule has 3 aromatic carbocycles. The summed E-state index contributed by atoms with van der Waals surface area (Å²) in [6.45, 7) is 8.39. The molecule has 1 N–H and O–H groups in total. The Kier molecular flexibility index (Phi) is 5.84. The summed E-state index contributed by atoms with van der Waals surface area (Å²) in [5, 5.41) is 9.50. The highest BCUT2D eigenvalue weighted by atomic mass is 19.1. The van der Waals surface area contributed by atoms with Crippen molar-refractivity contribution in [2.75, 3.05) is 6.61 Å². The molecule has 0 aliphatic rings. The highest BCUT2D eigenvalue weighted by Gasteiger charge is 2.11. The second-order valence-corrected chi connectivity index (χ2v) is 7.27. The molecule has 0 unspecified atom stereocenters. The minimum Gasteiger partial charge on any atom is -0.508 e. The fourth-order valence-electron chi connectivity index (χ4n) is 3.16. The maximum absolute atomic E-state index is 14.5. The van der Waals surface area contributed by atoms with Crippen LogP contribution >= 0.6 is 0 Å². The van der Waals surface area contributed by atoms with E-state index < -0.39 is 0 Å². The lowest BCUT2D eigenvalue weighted by Crippen LogP contribution is -1.97. The maximum Gasteiger partial charge on any atom is 0.165 e. The van der Waals surface area contributed by atoms with E-state index in [4.69, 9.17) is 4.74 Å². The van der Waals surface area contributed by atoms with E-state index in [-0.39, 0.29) is 17.3 Å². The molecule has 0 aliphatic carbocycles. The Morgan fingerprint density at radius 3 is 2.04 bits per heavy atom. The summed E-state index contributed by atoms with van der Waals surface area (Å²) in [6, 6.07) is 16.5. The van der Waals surface area contributed by atoms with Gasteiger partial charge in [0.1, 0.15) is 12.4 Å². The lowest BCUT2D eigenvalue weighted by atomic mass is 9.92.